The minimum atomic E-state index is 0. The Hall–Kier alpha value is 3.34. The molecule has 27 valence electrons. The molecule has 0 aromatic carbocycles. The van der Waals surface area contributed by atoms with E-state index in [-0.39, 0.29) is 76.7 Å². The van der Waals surface area contributed by atoms with E-state index in [1.54, 1.807) is 21.5 Å². The van der Waals surface area contributed by atoms with Gasteiger partial charge < -0.3 is 1.43 Å². The van der Waals surface area contributed by atoms with E-state index in [2.05, 4.69) is 8.91 Å². The van der Waals surface area contributed by atoms with E-state index >= 15 is 0 Å². The van der Waals surface area contributed by atoms with Crippen LogP contribution < -0.4 is 58.2 Å². The van der Waals surface area contributed by atoms with E-state index in [1.165, 1.54) is 0 Å². The largest absolute Gasteiger partial charge is 1.00 e. The molecule has 0 saturated heterocycles. The predicted octanol–water partition coefficient (Wildman–Crippen LogP) is -1.31. The Morgan fingerprint density at radius 2 is 1.50 bits per heavy atom. The summed E-state index contributed by atoms with van der Waals surface area (Å²) in [5.74, 6) is 0. The molecule has 0 N–H and O–H groups in total. The minimum Gasteiger partial charge on any atom is -1.00 e. The van der Waals surface area contributed by atoms with Gasteiger partial charge in [-0.1, -0.05) is 0 Å². The fourth-order valence-corrected chi connectivity index (χ4v) is 0. The molecule has 0 unspecified atom stereocenters. The third-order valence-electron chi connectivity index (χ3n) is 0. The topological polar surface area (TPSA) is 0 Å². The van der Waals surface area contributed by atoms with Crippen molar-refractivity contribution in [2.75, 3.05) is 0 Å². The molecule has 0 atom stereocenters. The Labute approximate surface area is 104 Å². The van der Waals surface area contributed by atoms with Crippen molar-refractivity contribution in [1.29, 1.82) is 0 Å². The van der Waals surface area contributed by atoms with Crippen molar-refractivity contribution in [2.24, 2.45) is 0 Å². The van der Waals surface area contributed by atoms with Crippen LogP contribution in [-0.2, 0) is 17.1 Å². The van der Waals surface area contributed by atoms with Crippen LogP contribution >= 0.6 is 30.4 Å². The van der Waals surface area contributed by atoms with Crippen molar-refractivity contribution < 1.29 is 76.7 Å². The van der Waals surface area contributed by atoms with Crippen LogP contribution in [0.3, 0.4) is 0 Å². The Kier molecular flexibility index (Phi) is 63.4. The number of halogens is 2. The third-order valence-corrected chi connectivity index (χ3v) is 0. The third kappa shape index (κ3) is 9.02. The van der Waals surface area contributed by atoms with Crippen LogP contribution in [0.4, 0.5) is 0 Å². The number of hydrogen-bond donors (Lipinski definition) is 0. The summed E-state index contributed by atoms with van der Waals surface area (Å²) in [6.07, 6.45) is 0. The van der Waals surface area contributed by atoms with Gasteiger partial charge >= 0.3 is 58.2 Å². The maximum Gasteiger partial charge on any atom is 1.00 e. The average molecular weight is 312 g/mol. The molecule has 0 aliphatic rings. The molecule has 0 spiro atoms. The summed E-state index contributed by atoms with van der Waals surface area (Å²) in [5, 5.41) is 0. The zero-order chi connectivity index (χ0) is 2.00. The van der Waals surface area contributed by atoms with E-state index in [4.69, 9.17) is 0 Å². The molecule has 1 radical (unpaired) electrons. The van der Waals surface area contributed by atoms with E-state index < -0.39 is 0 Å². The van der Waals surface area contributed by atoms with Gasteiger partial charge in [0.1, 0.15) is 0 Å². The average Bonchev–Trinajstić information content (AvgIpc) is 1.00. The molecule has 4 heteroatoms. The SMILES string of the molecule is ClI.[Cu].[H-].[Rb+]. The molecule has 0 bridgehead atoms. The normalized spacial score (nSPS) is 1.50. The van der Waals surface area contributed by atoms with Gasteiger partial charge in [0.2, 0.25) is 0 Å². The molecule has 0 saturated carbocycles. The second-order valence-corrected chi connectivity index (χ2v) is 0. The predicted molar refractivity (Wildman–Crippen MR) is 21.0 cm³/mol. The summed E-state index contributed by atoms with van der Waals surface area (Å²) in [6.45, 7) is 0. The Balaban J connectivity index is -0.00000000167. The Bertz CT molecular complexity index is 11.6. The van der Waals surface area contributed by atoms with E-state index in [1.807, 2.05) is 0 Å². The zero-order valence-corrected chi connectivity index (χ0v) is 10.8. The standard InChI is InChI=1S/ClI.Cu.Rb.H/c1-2;;;/q;;+1;-1. The summed E-state index contributed by atoms with van der Waals surface area (Å²) in [6, 6.07) is 0. The molecule has 0 amide bonds. The fraction of sp³-hybridized carbons (Fsp3) is 0. The van der Waals surface area contributed by atoms with Crippen LogP contribution in [0.5, 0.6) is 0 Å². The monoisotopic (exact) mass is 311 g/mol. The first kappa shape index (κ1) is 15.7. The van der Waals surface area contributed by atoms with Gasteiger partial charge in [0.15, 0.2) is 0 Å². The maximum absolute atomic E-state index is 4.61. The first-order valence-electron chi connectivity index (χ1n) is 0.143. The maximum atomic E-state index is 4.61. The van der Waals surface area contributed by atoms with Crippen molar-refractivity contribution in [3.8, 4) is 0 Å². The van der Waals surface area contributed by atoms with Gasteiger partial charge in [0, 0.05) is 38.5 Å². The summed E-state index contributed by atoms with van der Waals surface area (Å²) in [5.41, 5.74) is 0. The Morgan fingerprint density at radius 1 is 1.50 bits per heavy atom. The van der Waals surface area contributed by atoms with Gasteiger partial charge in [-0.2, -0.15) is 0 Å². The van der Waals surface area contributed by atoms with Gasteiger partial charge in [0.25, 0.3) is 0 Å². The fourth-order valence-electron chi connectivity index (χ4n) is 0. The van der Waals surface area contributed by atoms with Crippen molar-refractivity contribution >= 4 is 30.4 Å². The first-order chi connectivity index (χ1) is 1.00. The van der Waals surface area contributed by atoms with Crippen molar-refractivity contribution in [2.45, 2.75) is 0 Å². The van der Waals surface area contributed by atoms with Crippen LogP contribution in [0.2, 0.25) is 0 Å². The molecule has 0 fully saturated rings. The summed E-state index contributed by atoms with van der Waals surface area (Å²) < 4.78 is 0. The summed E-state index contributed by atoms with van der Waals surface area (Å²) >= 11 is 1.62. The van der Waals surface area contributed by atoms with Gasteiger partial charge in [-0.05, 0) is 8.91 Å². The van der Waals surface area contributed by atoms with Crippen molar-refractivity contribution in [3.63, 3.8) is 0 Å². The molecule has 0 rings (SSSR count). The summed E-state index contributed by atoms with van der Waals surface area (Å²) in [4.78, 5) is 0. The first-order valence-corrected chi connectivity index (χ1v) is 2.87. The minimum absolute atomic E-state index is 0. The number of rotatable bonds is 0. The van der Waals surface area contributed by atoms with E-state index in [0.717, 1.165) is 0 Å². The molecule has 0 nitrogen and oxygen atoms in total. The van der Waals surface area contributed by atoms with Gasteiger partial charge in [-0.25, -0.2) is 0 Å². The molecule has 0 aromatic rings. The van der Waals surface area contributed by atoms with E-state index in [0.29, 0.717) is 0 Å². The smallest absolute Gasteiger partial charge is 1.00 e. The molecule has 0 aliphatic heterocycles. The molecule has 0 heterocycles. The zero-order valence-electron chi connectivity index (χ0n) is 3.06. The molecule has 0 aromatic heterocycles. The van der Waals surface area contributed by atoms with Crippen LogP contribution in [0.1, 0.15) is 1.43 Å². The molecule has 0 aliphatic carbocycles. The quantitative estimate of drug-likeness (QED) is 0.385. The van der Waals surface area contributed by atoms with Gasteiger partial charge in [-0.3, -0.25) is 0 Å². The van der Waals surface area contributed by atoms with E-state index in [9.17, 15) is 0 Å². The number of hydrogen-bond acceptors (Lipinski definition) is 0. The van der Waals surface area contributed by atoms with Crippen molar-refractivity contribution in [3.05, 3.63) is 0 Å². The Morgan fingerprint density at radius 3 is 1.50 bits per heavy atom. The molecule has 4 heavy (non-hydrogen) atoms. The summed E-state index contributed by atoms with van der Waals surface area (Å²) in [7, 11) is 4.61. The van der Waals surface area contributed by atoms with Crippen molar-refractivity contribution in [1.82, 2.24) is 0 Å². The van der Waals surface area contributed by atoms with Crippen LogP contribution in [0.15, 0.2) is 0 Å². The van der Waals surface area contributed by atoms with Crippen LogP contribution in [-0.4, -0.2) is 0 Å². The molecular formula is HClCuIRb. The van der Waals surface area contributed by atoms with Gasteiger partial charge in [-0.15, -0.1) is 0 Å². The second kappa shape index (κ2) is 16.2. The van der Waals surface area contributed by atoms with Crippen LogP contribution in [0, 0.1) is 0 Å². The van der Waals surface area contributed by atoms with Crippen LogP contribution in [0.25, 0.3) is 0 Å². The second-order valence-electron chi connectivity index (χ2n) is 0. The molecular weight excluding hydrogens is 311 g/mol. The van der Waals surface area contributed by atoms with Gasteiger partial charge in [0.05, 0.1) is 0 Å².